The van der Waals surface area contributed by atoms with Crippen LogP contribution in [0, 0.1) is 17.2 Å². The van der Waals surface area contributed by atoms with E-state index >= 15 is 0 Å². The molecular weight excluding hydrogens is 242 g/mol. The molecule has 0 spiro atoms. The van der Waals surface area contributed by atoms with E-state index in [0.29, 0.717) is 18.9 Å². The lowest BCUT2D eigenvalue weighted by molar-refractivity contribution is -0.140. The molecule has 0 saturated carbocycles. The summed E-state index contributed by atoms with van der Waals surface area (Å²) in [6, 6.07) is 2.25. The van der Waals surface area contributed by atoms with Crippen LogP contribution in [0.2, 0.25) is 0 Å². The van der Waals surface area contributed by atoms with Gasteiger partial charge in [-0.1, -0.05) is 0 Å². The van der Waals surface area contributed by atoms with Gasteiger partial charge in [-0.05, 0) is 26.7 Å². The SMILES string of the molecule is CC(C)(C(=O)N1CCCC(C#N)C1)n1cnc(N)c1. The van der Waals surface area contributed by atoms with Gasteiger partial charge in [0.1, 0.15) is 11.4 Å². The Morgan fingerprint density at radius 3 is 2.95 bits per heavy atom. The molecule has 6 heteroatoms. The molecule has 1 amide bonds. The van der Waals surface area contributed by atoms with Crippen LogP contribution in [-0.2, 0) is 10.3 Å². The van der Waals surface area contributed by atoms with Crippen molar-refractivity contribution in [3.63, 3.8) is 0 Å². The molecule has 1 aromatic rings. The molecule has 1 aliphatic heterocycles. The molecule has 0 bridgehead atoms. The highest BCUT2D eigenvalue weighted by atomic mass is 16.2. The molecule has 102 valence electrons. The van der Waals surface area contributed by atoms with Gasteiger partial charge in [-0.3, -0.25) is 4.79 Å². The smallest absolute Gasteiger partial charge is 0.248 e. The van der Waals surface area contributed by atoms with Gasteiger partial charge in [0.15, 0.2) is 0 Å². The molecule has 6 nitrogen and oxygen atoms in total. The molecule has 1 saturated heterocycles. The number of carbonyl (C=O) groups excluding carboxylic acids is 1. The molecule has 1 fully saturated rings. The summed E-state index contributed by atoms with van der Waals surface area (Å²) in [4.78, 5) is 18.3. The van der Waals surface area contributed by atoms with Crippen LogP contribution in [0.25, 0.3) is 0 Å². The van der Waals surface area contributed by atoms with Gasteiger partial charge >= 0.3 is 0 Å². The minimum atomic E-state index is -0.734. The van der Waals surface area contributed by atoms with Crippen molar-refractivity contribution < 1.29 is 4.79 Å². The zero-order valence-electron chi connectivity index (χ0n) is 11.3. The summed E-state index contributed by atoms with van der Waals surface area (Å²) in [5.41, 5.74) is 4.86. The van der Waals surface area contributed by atoms with E-state index in [2.05, 4.69) is 11.1 Å². The molecule has 2 heterocycles. The minimum Gasteiger partial charge on any atom is -0.382 e. The Morgan fingerprint density at radius 2 is 2.37 bits per heavy atom. The van der Waals surface area contributed by atoms with Gasteiger partial charge in [-0.2, -0.15) is 5.26 Å². The maximum atomic E-state index is 12.6. The Morgan fingerprint density at radius 1 is 1.63 bits per heavy atom. The van der Waals surface area contributed by atoms with Gasteiger partial charge in [-0.15, -0.1) is 0 Å². The van der Waals surface area contributed by atoms with E-state index in [1.165, 1.54) is 0 Å². The fourth-order valence-electron chi connectivity index (χ4n) is 2.41. The predicted molar refractivity (Wildman–Crippen MR) is 70.9 cm³/mol. The lowest BCUT2D eigenvalue weighted by Gasteiger charge is -2.36. The van der Waals surface area contributed by atoms with Crippen LogP contribution < -0.4 is 5.73 Å². The summed E-state index contributed by atoms with van der Waals surface area (Å²) in [6.07, 6.45) is 4.98. The molecular formula is C13H19N5O. The molecule has 0 aliphatic carbocycles. The fraction of sp³-hybridized carbons (Fsp3) is 0.615. The summed E-state index contributed by atoms with van der Waals surface area (Å²) in [5, 5.41) is 8.99. The first kappa shape index (κ1) is 13.4. The van der Waals surface area contributed by atoms with Gasteiger partial charge in [0, 0.05) is 19.3 Å². The molecule has 0 radical (unpaired) electrons. The summed E-state index contributed by atoms with van der Waals surface area (Å²) >= 11 is 0. The second-order valence-corrected chi connectivity index (χ2v) is 5.48. The van der Waals surface area contributed by atoms with Crippen molar-refractivity contribution in [3.05, 3.63) is 12.5 Å². The number of imidazole rings is 1. The first-order chi connectivity index (χ1) is 8.95. The Balaban J connectivity index is 2.16. The topological polar surface area (TPSA) is 87.9 Å². The van der Waals surface area contributed by atoms with Crippen LogP contribution in [0.15, 0.2) is 12.5 Å². The maximum absolute atomic E-state index is 12.6. The number of amides is 1. The molecule has 1 aromatic heterocycles. The average Bonchev–Trinajstić information content (AvgIpc) is 2.85. The van der Waals surface area contributed by atoms with Crippen molar-refractivity contribution in [1.29, 1.82) is 5.26 Å². The first-order valence-electron chi connectivity index (χ1n) is 6.44. The highest BCUT2D eigenvalue weighted by molar-refractivity contribution is 5.84. The summed E-state index contributed by atoms with van der Waals surface area (Å²) in [7, 11) is 0. The maximum Gasteiger partial charge on any atom is 0.248 e. The number of likely N-dealkylation sites (tertiary alicyclic amines) is 1. The van der Waals surface area contributed by atoms with Crippen LogP contribution in [0.4, 0.5) is 5.82 Å². The Kier molecular flexibility index (Phi) is 3.47. The monoisotopic (exact) mass is 261 g/mol. The van der Waals surface area contributed by atoms with E-state index in [9.17, 15) is 4.79 Å². The molecule has 1 aliphatic rings. The van der Waals surface area contributed by atoms with Crippen molar-refractivity contribution in [1.82, 2.24) is 14.5 Å². The number of hydrogen-bond donors (Lipinski definition) is 1. The molecule has 0 aromatic carbocycles. The lowest BCUT2D eigenvalue weighted by Crippen LogP contribution is -2.50. The third-order valence-electron chi connectivity index (χ3n) is 3.66. The molecule has 1 atom stereocenters. The van der Waals surface area contributed by atoms with Gasteiger partial charge in [-0.25, -0.2) is 4.98 Å². The standard InChI is InChI=1S/C13H19N5O/c1-13(2,18-8-11(15)16-9-18)12(19)17-5-3-4-10(6-14)7-17/h8-10H,3-5,7,15H2,1-2H3. The van der Waals surface area contributed by atoms with Crippen LogP contribution in [0.1, 0.15) is 26.7 Å². The van der Waals surface area contributed by atoms with Gasteiger partial charge in [0.25, 0.3) is 0 Å². The number of nitrogens with zero attached hydrogens (tertiary/aromatic N) is 4. The van der Waals surface area contributed by atoms with Crippen molar-refractivity contribution in [2.75, 3.05) is 18.8 Å². The zero-order chi connectivity index (χ0) is 14.0. The van der Waals surface area contributed by atoms with E-state index in [-0.39, 0.29) is 11.8 Å². The van der Waals surface area contributed by atoms with Crippen LogP contribution in [0.3, 0.4) is 0 Å². The number of nitrogens with two attached hydrogens (primary N) is 1. The average molecular weight is 261 g/mol. The highest BCUT2D eigenvalue weighted by Gasteiger charge is 2.35. The normalized spacial score (nSPS) is 20.1. The number of anilines is 1. The van der Waals surface area contributed by atoms with Crippen molar-refractivity contribution in [2.45, 2.75) is 32.2 Å². The van der Waals surface area contributed by atoms with Gasteiger partial charge < -0.3 is 15.2 Å². The third kappa shape index (κ3) is 2.55. The molecule has 1 unspecified atom stereocenters. The number of nitriles is 1. The van der Waals surface area contributed by atoms with Crippen LogP contribution in [-0.4, -0.2) is 33.4 Å². The number of aromatic nitrogens is 2. The van der Waals surface area contributed by atoms with Gasteiger partial charge in [0.2, 0.25) is 5.91 Å². The van der Waals surface area contributed by atoms with E-state index in [1.807, 2.05) is 13.8 Å². The van der Waals surface area contributed by atoms with Gasteiger partial charge in [0.05, 0.1) is 18.3 Å². The molecule has 19 heavy (non-hydrogen) atoms. The van der Waals surface area contributed by atoms with E-state index in [4.69, 9.17) is 11.0 Å². The summed E-state index contributed by atoms with van der Waals surface area (Å²) < 4.78 is 1.72. The number of rotatable bonds is 2. The number of piperidine rings is 1. The number of nitrogen functional groups attached to an aromatic ring is 1. The largest absolute Gasteiger partial charge is 0.382 e. The minimum absolute atomic E-state index is 0.00449. The lowest BCUT2D eigenvalue weighted by atomic mass is 9.96. The summed E-state index contributed by atoms with van der Waals surface area (Å²) in [6.45, 7) is 4.91. The zero-order valence-corrected chi connectivity index (χ0v) is 11.3. The van der Waals surface area contributed by atoms with Crippen LogP contribution >= 0.6 is 0 Å². The fourth-order valence-corrected chi connectivity index (χ4v) is 2.41. The van der Waals surface area contributed by atoms with Crippen molar-refractivity contribution >= 4 is 11.7 Å². The third-order valence-corrected chi connectivity index (χ3v) is 3.66. The number of hydrogen-bond acceptors (Lipinski definition) is 4. The van der Waals surface area contributed by atoms with E-state index < -0.39 is 5.54 Å². The van der Waals surface area contributed by atoms with Crippen molar-refractivity contribution in [2.24, 2.45) is 5.92 Å². The van der Waals surface area contributed by atoms with E-state index in [1.54, 1.807) is 22.0 Å². The Bertz CT molecular complexity index is 513. The Labute approximate surface area is 112 Å². The summed E-state index contributed by atoms with van der Waals surface area (Å²) in [5.74, 6) is 0.348. The van der Waals surface area contributed by atoms with Crippen LogP contribution in [0.5, 0.6) is 0 Å². The molecule has 2 rings (SSSR count). The van der Waals surface area contributed by atoms with E-state index in [0.717, 1.165) is 12.8 Å². The predicted octanol–water partition coefficient (Wildman–Crippen LogP) is 0.963. The molecule has 2 N–H and O–H groups in total. The second-order valence-electron chi connectivity index (χ2n) is 5.48. The van der Waals surface area contributed by atoms with Crippen molar-refractivity contribution in [3.8, 4) is 6.07 Å². The Hall–Kier alpha value is -2.03. The first-order valence-corrected chi connectivity index (χ1v) is 6.44. The second kappa shape index (κ2) is 4.92. The number of carbonyl (C=O) groups is 1. The quantitative estimate of drug-likeness (QED) is 0.859. The highest BCUT2D eigenvalue weighted by Crippen LogP contribution is 2.24.